The van der Waals surface area contributed by atoms with Gasteiger partial charge in [-0.1, -0.05) is 13.3 Å². The van der Waals surface area contributed by atoms with E-state index in [9.17, 15) is 18.0 Å². The van der Waals surface area contributed by atoms with Gasteiger partial charge in [-0.2, -0.15) is 4.72 Å². The Balaban J connectivity index is 3.07. The van der Waals surface area contributed by atoms with Gasteiger partial charge in [0.05, 0.1) is 0 Å². The second-order valence-electron chi connectivity index (χ2n) is 4.34. The van der Waals surface area contributed by atoms with Gasteiger partial charge in [0, 0.05) is 13.2 Å². The first-order chi connectivity index (χ1) is 9.19. The molecule has 0 radical (unpaired) electrons. The van der Waals surface area contributed by atoms with E-state index in [1.807, 2.05) is 0 Å². The predicted octanol–water partition coefficient (Wildman–Crippen LogP) is -0.344. The van der Waals surface area contributed by atoms with Crippen molar-refractivity contribution in [1.82, 2.24) is 9.29 Å². The molecule has 9 heteroatoms. The Hall–Kier alpha value is -1.87. The van der Waals surface area contributed by atoms with E-state index in [2.05, 4.69) is 4.72 Å². The molecule has 4 N–H and O–H groups in total. The van der Waals surface area contributed by atoms with Gasteiger partial charge in [0.2, 0.25) is 10.0 Å². The number of hydrogen-bond donors (Lipinski definition) is 3. The highest BCUT2D eigenvalue weighted by atomic mass is 32.2. The maximum absolute atomic E-state index is 12.1. The van der Waals surface area contributed by atoms with Gasteiger partial charge in [0.25, 0.3) is 5.91 Å². The largest absolute Gasteiger partial charge is 0.480 e. The Morgan fingerprint density at radius 3 is 2.50 bits per heavy atom. The summed E-state index contributed by atoms with van der Waals surface area (Å²) in [6.07, 6.45) is 1.89. The number of carbonyl (C=O) groups excluding carboxylic acids is 1. The molecule has 1 rings (SSSR count). The van der Waals surface area contributed by atoms with Crippen molar-refractivity contribution in [2.45, 2.75) is 30.7 Å². The minimum Gasteiger partial charge on any atom is -0.480 e. The van der Waals surface area contributed by atoms with Crippen molar-refractivity contribution < 1.29 is 23.1 Å². The molecule has 0 aliphatic carbocycles. The highest BCUT2D eigenvalue weighted by Gasteiger charge is 2.26. The lowest BCUT2D eigenvalue weighted by Crippen LogP contribution is -2.40. The summed E-state index contributed by atoms with van der Waals surface area (Å²) in [5.74, 6) is -2.02. The van der Waals surface area contributed by atoms with Gasteiger partial charge in [-0.25, -0.2) is 8.42 Å². The number of sulfonamides is 1. The quantitative estimate of drug-likeness (QED) is 0.634. The number of amides is 1. The van der Waals surface area contributed by atoms with E-state index >= 15 is 0 Å². The first-order valence-corrected chi connectivity index (χ1v) is 7.38. The average Bonchev–Trinajstić information content (AvgIpc) is 2.71. The standard InChI is InChI=1S/C11H17N3O5S/c1-3-4-8(11(16)17)13-20(18,19)7-5-9(10(12)15)14(2)6-7/h5-6,8,13H,3-4H2,1-2H3,(H2,12,15)(H,16,17)/t8-/m0/s1. The molecule has 0 saturated carbocycles. The lowest BCUT2D eigenvalue weighted by Gasteiger charge is -2.12. The van der Waals surface area contributed by atoms with Gasteiger partial charge in [-0.15, -0.1) is 0 Å². The van der Waals surface area contributed by atoms with Crippen molar-refractivity contribution in [3.8, 4) is 0 Å². The highest BCUT2D eigenvalue weighted by Crippen LogP contribution is 2.14. The van der Waals surface area contributed by atoms with Crippen LogP contribution in [0, 0.1) is 0 Å². The Bertz CT molecular complexity index is 620. The zero-order valence-corrected chi connectivity index (χ0v) is 12.0. The summed E-state index contributed by atoms with van der Waals surface area (Å²) in [6.45, 7) is 1.75. The molecule has 20 heavy (non-hydrogen) atoms. The van der Waals surface area contributed by atoms with Gasteiger partial charge in [0.15, 0.2) is 0 Å². The molecule has 8 nitrogen and oxygen atoms in total. The monoisotopic (exact) mass is 303 g/mol. The molecule has 0 fully saturated rings. The summed E-state index contributed by atoms with van der Waals surface area (Å²) in [5, 5.41) is 8.96. The fraction of sp³-hybridized carbons (Fsp3) is 0.455. The van der Waals surface area contributed by atoms with Gasteiger partial charge < -0.3 is 15.4 Å². The first-order valence-electron chi connectivity index (χ1n) is 5.90. The number of hydrogen-bond acceptors (Lipinski definition) is 4. The lowest BCUT2D eigenvalue weighted by atomic mass is 10.2. The molecule has 0 saturated heterocycles. The molecular weight excluding hydrogens is 286 g/mol. The molecule has 0 unspecified atom stereocenters. The lowest BCUT2D eigenvalue weighted by molar-refractivity contribution is -0.139. The van der Waals surface area contributed by atoms with Gasteiger partial charge in [-0.3, -0.25) is 9.59 Å². The fourth-order valence-corrected chi connectivity index (χ4v) is 3.00. The van der Waals surface area contributed by atoms with Crippen LogP contribution in [0.15, 0.2) is 17.2 Å². The number of aryl methyl sites for hydroxylation is 1. The smallest absolute Gasteiger partial charge is 0.321 e. The summed E-state index contributed by atoms with van der Waals surface area (Å²) < 4.78 is 27.5. The summed E-state index contributed by atoms with van der Waals surface area (Å²) in [5.41, 5.74) is 5.12. The van der Waals surface area contributed by atoms with Crippen molar-refractivity contribution in [2.75, 3.05) is 0 Å². The van der Waals surface area contributed by atoms with Crippen molar-refractivity contribution in [2.24, 2.45) is 12.8 Å². The molecular formula is C11H17N3O5S. The number of carbonyl (C=O) groups is 2. The Morgan fingerprint density at radius 2 is 2.10 bits per heavy atom. The van der Waals surface area contributed by atoms with Gasteiger partial charge in [-0.05, 0) is 12.5 Å². The van der Waals surface area contributed by atoms with Crippen LogP contribution in [0.4, 0.5) is 0 Å². The minimum atomic E-state index is -4.02. The summed E-state index contributed by atoms with van der Waals surface area (Å²) in [6, 6.07) is -0.0996. The van der Waals surface area contributed by atoms with Crippen molar-refractivity contribution in [1.29, 1.82) is 0 Å². The van der Waals surface area contributed by atoms with Crippen LogP contribution in [-0.4, -0.2) is 36.0 Å². The zero-order valence-electron chi connectivity index (χ0n) is 11.2. The van der Waals surface area contributed by atoms with Gasteiger partial charge in [0.1, 0.15) is 16.6 Å². The molecule has 0 aromatic carbocycles. The topological polar surface area (TPSA) is 131 Å². The van der Waals surface area contributed by atoms with E-state index in [-0.39, 0.29) is 17.0 Å². The average molecular weight is 303 g/mol. The van der Waals surface area contributed by atoms with Crippen LogP contribution in [0.25, 0.3) is 0 Å². The predicted molar refractivity (Wildman–Crippen MR) is 70.6 cm³/mol. The van der Waals surface area contributed by atoms with E-state index in [4.69, 9.17) is 10.8 Å². The molecule has 0 aliphatic heterocycles. The number of carboxylic acid groups (broad SMARTS) is 1. The number of rotatable bonds is 7. The maximum Gasteiger partial charge on any atom is 0.321 e. The number of primary amides is 1. The third kappa shape index (κ3) is 3.58. The molecule has 1 heterocycles. The molecule has 0 spiro atoms. The number of nitrogens with zero attached hydrogens (tertiary/aromatic N) is 1. The number of nitrogens with one attached hydrogen (secondary N) is 1. The molecule has 1 aromatic heterocycles. The highest BCUT2D eigenvalue weighted by molar-refractivity contribution is 7.89. The summed E-state index contributed by atoms with van der Waals surface area (Å²) in [7, 11) is -2.55. The van der Waals surface area contributed by atoms with Crippen LogP contribution in [0.1, 0.15) is 30.3 Å². The SMILES string of the molecule is CCC[C@H](NS(=O)(=O)c1cc(C(N)=O)n(C)c1)C(=O)O. The van der Waals surface area contributed by atoms with Crippen LogP contribution in [0.2, 0.25) is 0 Å². The molecule has 1 atom stereocenters. The number of aliphatic carboxylic acids is 1. The third-order valence-electron chi connectivity index (χ3n) is 2.72. The molecule has 0 bridgehead atoms. The van der Waals surface area contributed by atoms with E-state index < -0.39 is 27.9 Å². The van der Waals surface area contributed by atoms with E-state index in [0.29, 0.717) is 6.42 Å². The van der Waals surface area contributed by atoms with E-state index in [0.717, 1.165) is 6.07 Å². The minimum absolute atomic E-state index is 0.0211. The van der Waals surface area contributed by atoms with Crippen molar-refractivity contribution >= 4 is 21.9 Å². The van der Waals surface area contributed by atoms with E-state index in [1.54, 1.807) is 6.92 Å². The van der Waals surface area contributed by atoms with Crippen molar-refractivity contribution in [3.05, 3.63) is 18.0 Å². The Labute approximate surface area is 116 Å². The molecule has 112 valence electrons. The normalized spacial score (nSPS) is 13.1. The van der Waals surface area contributed by atoms with Crippen molar-refractivity contribution in [3.63, 3.8) is 0 Å². The zero-order chi connectivity index (χ0) is 15.5. The first kappa shape index (κ1) is 16.2. The van der Waals surface area contributed by atoms with Crippen LogP contribution in [0.3, 0.4) is 0 Å². The second-order valence-corrected chi connectivity index (χ2v) is 6.05. The fourth-order valence-electron chi connectivity index (χ4n) is 1.70. The Morgan fingerprint density at radius 1 is 1.50 bits per heavy atom. The van der Waals surface area contributed by atoms with Gasteiger partial charge >= 0.3 is 5.97 Å². The Kier molecular flexibility index (Phi) is 4.90. The maximum atomic E-state index is 12.1. The van der Waals surface area contributed by atoms with Crippen LogP contribution < -0.4 is 10.5 Å². The van der Waals surface area contributed by atoms with Crippen LogP contribution in [0.5, 0.6) is 0 Å². The number of aromatic nitrogens is 1. The summed E-state index contributed by atoms with van der Waals surface area (Å²) in [4.78, 5) is 21.9. The number of carboxylic acids is 1. The third-order valence-corrected chi connectivity index (χ3v) is 4.15. The summed E-state index contributed by atoms with van der Waals surface area (Å²) >= 11 is 0. The van der Waals surface area contributed by atoms with Crippen LogP contribution >= 0.6 is 0 Å². The molecule has 1 aromatic rings. The molecule has 1 amide bonds. The van der Waals surface area contributed by atoms with E-state index in [1.165, 1.54) is 17.8 Å². The van der Waals surface area contributed by atoms with Crippen LogP contribution in [-0.2, 0) is 21.9 Å². The second kappa shape index (κ2) is 6.06. The molecule has 0 aliphatic rings. The number of nitrogens with two attached hydrogens (primary N) is 1.